The molecule has 2 N–H and O–H groups in total. The fourth-order valence-electron chi connectivity index (χ4n) is 1.86. The molecule has 0 aliphatic rings. The van der Waals surface area contributed by atoms with Crippen LogP contribution in [-0.4, -0.2) is 21.8 Å². The van der Waals surface area contributed by atoms with Crippen LogP contribution in [0.15, 0.2) is 30.6 Å². The van der Waals surface area contributed by atoms with E-state index in [0.717, 1.165) is 17.8 Å². The number of rotatable bonds is 4. The lowest BCUT2D eigenvalue weighted by Crippen LogP contribution is -2.17. The molecule has 19 heavy (non-hydrogen) atoms. The van der Waals surface area contributed by atoms with Gasteiger partial charge in [0, 0.05) is 43.7 Å². The van der Waals surface area contributed by atoms with Gasteiger partial charge >= 0.3 is 0 Å². The Bertz CT molecular complexity index is 608. The predicted molar refractivity (Wildman–Crippen MR) is 82.7 cm³/mol. The van der Waals surface area contributed by atoms with Gasteiger partial charge in [-0.05, 0) is 18.2 Å². The maximum absolute atomic E-state index is 6.16. The van der Waals surface area contributed by atoms with Gasteiger partial charge in [-0.15, -0.1) is 0 Å². The summed E-state index contributed by atoms with van der Waals surface area (Å²) in [7, 11) is 3.90. The first kappa shape index (κ1) is 13.8. The molecule has 0 saturated heterocycles. The Labute approximate surface area is 122 Å². The largest absolute Gasteiger partial charge is 0.389 e. The molecule has 0 aliphatic carbocycles. The van der Waals surface area contributed by atoms with E-state index in [1.807, 2.05) is 44.7 Å². The maximum Gasteiger partial charge on any atom is 0.105 e. The molecule has 1 heterocycles. The number of anilines is 1. The van der Waals surface area contributed by atoms with Crippen molar-refractivity contribution in [3.63, 3.8) is 0 Å². The summed E-state index contributed by atoms with van der Waals surface area (Å²) in [5.74, 6) is 0. The molecular formula is C13H15ClN4S. The molecule has 1 aromatic heterocycles. The van der Waals surface area contributed by atoms with Crippen molar-refractivity contribution in [1.82, 2.24) is 9.78 Å². The topological polar surface area (TPSA) is 47.1 Å². The van der Waals surface area contributed by atoms with Crippen molar-refractivity contribution < 1.29 is 0 Å². The minimum absolute atomic E-state index is 0.312. The van der Waals surface area contributed by atoms with E-state index >= 15 is 0 Å². The van der Waals surface area contributed by atoms with Gasteiger partial charge in [0.15, 0.2) is 0 Å². The molecule has 0 radical (unpaired) electrons. The van der Waals surface area contributed by atoms with Crippen molar-refractivity contribution in [3.8, 4) is 0 Å². The van der Waals surface area contributed by atoms with Crippen LogP contribution in [0, 0.1) is 0 Å². The third kappa shape index (κ3) is 3.24. The molecular weight excluding hydrogens is 280 g/mol. The first-order valence-electron chi connectivity index (χ1n) is 5.75. The van der Waals surface area contributed by atoms with Gasteiger partial charge in [0.25, 0.3) is 0 Å². The minimum Gasteiger partial charge on any atom is -0.389 e. The summed E-state index contributed by atoms with van der Waals surface area (Å²) >= 11 is 11.1. The highest BCUT2D eigenvalue weighted by molar-refractivity contribution is 7.80. The zero-order valence-corrected chi connectivity index (χ0v) is 12.4. The second-order valence-electron chi connectivity index (χ2n) is 4.41. The molecule has 2 rings (SSSR count). The zero-order valence-electron chi connectivity index (χ0n) is 10.8. The van der Waals surface area contributed by atoms with Crippen molar-refractivity contribution in [2.24, 2.45) is 12.8 Å². The molecule has 0 amide bonds. The van der Waals surface area contributed by atoms with E-state index in [4.69, 9.17) is 29.6 Å². The summed E-state index contributed by atoms with van der Waals surface area (Å²) < 4.78 is 1.78. The Kier molecular flexibility index (Phi) is 4.07. The fourth-order valence-corrected chi connectivity index (χ4v) is 2.37. The van der Waals surface area contributed by atoms with Gasteiger partial charge in [0.1, 0.15) is 4.99 Å². The summed E-state index contributed by atoms with van der Waals surface area (Å²) in [5, 5.41) is 4.72. The Balaban J connectivity index is 2.17. The van der Waals surface area contributed by atoms with Crippen LogP contribution >= 0.6 is 23.8 Å². The standard InChI is InChI=1S/C13H15ClN4S/c1-17(7-9-6-16-18(2)8-9)10-3-4-11(13(15)19)12(14)5-10/h3-6,8H,7H2,1-2H3,(H2,15,19). The van der Waals surface area contributed by atoms with E-state index in [2.05, 4.69) is 10.00 Å². The Morgan fingerprint density at radius 2 is 2.26 bits per heavy atom. The van der Waals surface area contributed by atoms with E-state index in [9.17, 15) is 0 Å². The van der Waals surface area contributed by atoms with Crippen molar-refractivity contribution in [2.75, 3.05) is 11.9 Å². The molecule has 4 nitrogen and oxygen atoms in total. The van der Waals surface area contributed by atoms with Gasteiger partial charge in [-0.3, -0.25) is 4.68 Å². The van der Waals surface area contributed by atoms with Gasteiger partial charge in [0.05, 0.1) is 11.2 Å². The molecule has 100 valence electrons. The van der Waals surface area contributed by atoms with Crippen molar-refractivity contribution in [2.45, 2.75) is 6.54 Å². The Hall–Kier alpha value is -1.59. The van der Waals surface area contributed by atoms with Gasteiger partial charge in [-0.25, -0.2) is 0 Å². The van der Waals surface area contributed by atoms with Crippen LogP contribution in [0.25, 0.3) is 0 Å². The van der Waals surface area contributed by atoms with Crippen LogP contribution in [0.5, 0.6) is 0 Å². The number of hydrogen-bond donors (Lipinski definition) is 1. The van der Waals surface area contributed by atoms with Gasteiger partial charge in [0.2, 0.25) is 0 Å². The van der Waals surface area contributed by atoms with Gasteiger partial charge in [-0.1, -0.05) is 23.8 Å². The van der Waals surface area contributed by atoms with Crippen LogP contribution in [0.2, 0.25) is 5.02 Å². The van der Waals surface area contributed by atoms with Crippen molar-refractivity contribution in [3.05, 3.63) is 46.7 Å². The highest BCUT2D eigenvalue weighted by atomic mass is 35.5. The number of aryl methyl sites for hydroxylation is 1. The quantitative estimate of drug-likeness (QED) is 0.879. The molecule has 0 bridgehead atoms. The lowest BCUT2D eigenvalue weighted by molar-refractivity contribution is 0.766. The van der Waals surface area contributed by atoms with Crippen LogP contribution in [0.1, 0.15) is 11.1 Å². The molecule has 0 saturated carbocycles. The van der Waals surface area contributed by atoms with Crippen LogP contribution in [0.4, 0.5) is 5.69 Å². The average molecular weight is 295 g/mol. The number of aromatic nitrogens is 2. The molecule has 0 unspecified atom stereocenters. The summed E-state index contributed by atoms with van der Waals surface area (Å²) in [6.45, 7) is 0.761. The van der Waals surface area contributed by atoms with E-state index in [1.54, 1.807) is 4.68 Å². The van der Waals surface area contributed by atoms with Gasteiger partial charge in [-0.2, -0.15) is 5.10 Å². The first-order valence-corrected chi connectivity index (χ1v) is 6.54. The third-order valence-electron chi connectivity index (χ3n) is 2.84. The molecule has 1 aromatic carbocycles. The Morgan fingerprint density at radius 3 is 2.79 bits per heavy atom. The normalized spacial score (nSPS) is 10.5. The molecule has 6 heteroatoms. The van der Waals surface area contributed by atoms with E-state index in [-0.39, 0.29) is 0 Å². The Morgan fingerprint density at radius 1 is 1.53 bits per heavy atom. The highest BCUT2D eigenvalue weighted by Gasteiger charge is 2.08. The summed E-state index contributed by atoms with van der Waals surface area (Å²) in [6.07, 6.45) is 3.84. The van der Waals surface area contributed by atoms with Crippen molar-refractivity contribution >= 4 is 34.5 Å². The van der Waals surface area contributed by atoms with Crippen LogP contribution in [0.3, 0.4) is 0 Å². The maximum atomic E-state index is 6.16. The molecule has 0 spiro atoms. The van der Waals surface area contributed by atoms with E-state index in [1.165, 1.54) is 0 Å². The van der Waals surface area contributed by atoms with Crippen LogP contribution in [-0.2, 0) is 13.6 Å². The molecule has 2 aromatic rings. The van der Waals surface area contributed by atoms with Crippen molar-refractivity contribution in [1.29, 1.82) is 0 Å². The highest BCUT2D eigenvalue weighted by Crippen LogP contribution is 2.24. The van der Waals surface area contributed by atoms with Crippen LogP contribution < -0.4 is 10.6 Å². The molecule has 0 aliphatic heterocycles. The monoisotopic (exact) mass is 294 g/mol. The fraction of sp³-hybridized carbons (Fsp3) is 0.231. The van der Waals surface area contributed by atoms with E-state index < -0.39 is 0 Å². The third-order valence-corrected chi connectivity index (χ3v) is 3.37. The SMILES string of the molecule is CN(Cc1cnn(C)c1)c1ccc(C(N)=S)c(Cl)c1. The summed E-state index contributed by atoms with van der Waals surface area (Å²) in [4.78, 5) is 2.40. The second kappa shape index (κ2) is 5.59. The number of benzene rings is 1. The average Bonchev–Trinajstić information content (AvgIpc) is 2.74. The second-order valence-corrected chi connectivity index (χ2v) is 5.25. The number of hydrogen-bond acceptors (Lipinski definition) is 3. The molecule has 0 atom stereocenters. The summed E-state index contributed by atoms with van der Waals surface area (Å²) in [5.41, 5.74) is 8.44. The minimum atomic E-state index is 0.312. The smallest absolute Gasteiger partial charge is 0.105 e. The van der Waals surface area contributed by atoms with Gasteiger partial charge < -0.3 is 10.6 Å². The number of nitrogens with two attached hydrogens (primary N) is 1. The number of halogens is 1. The predicted octanol–water partition coefficient (Wildman–Crippen LogP) is 2.34. The summed E-state index contributed by atoms with van der Waals surface area (Å²) in [6, 6.07) is 5.67. The number of thiocarbonyl (C=S) groups is 1. The number of nitrogens with zero attached hydrogens (tertiary/aromatic N) is 3. The lowest BCUT2D eigenvalue weighted by Gasteiger charge is -2.19. The molecule has 0 fully saturated rings. The van der Waals surface area contributed by atoms with E-state index in [0.29, 0.717) is 15.6 Å². The zero-order chi connectivity index (χ0) is 14.0. The first-order chi connectivity index (χ1) is 8.97. The lowest BCUT2D eigenvalue weighted by atomic mass is 10.2.